The van der Waals surface area contributed by atoms with Gasteiger partial charge in [-0.3, -0.25) is 9.78 Å². The highest BCUT2D eigenvalue weighted by atomic mass is 35.5. The number of likely N-dealkylation sites (tertiary alicyclic amines) is 1. The summed E-state index contributed by atoms with van der Waals surface area (Å²) in [5.41, 5.74) is 2.88. The molecule has 0 N–H and O–H groups in total. The Balaban J connectivity index is 0.00000324. The van der Waals surface area contributed by atoms with Crippen LogP contribution in [0.1, 0.15) is 55.0 Å². The maximum atomic E-state index is 13.3. The molecule has 3 aromatic rings. The molecule has 6 heteroatoms. The van der Waals surface area contributed by atoms with Crippen molar-refractivity contribution in [1.29, 1.82) is 5.26 Å². The number of likely N-dealkylation sites (N-methyl/N-ethyl adjacent to an activating group) is 1. The molecule has 0 spiro atoms. The van der Waals surface area contributed by atoms with Gasteiger partial charge in [0.1, 0.15) is 17.6 Å². The monoisotopic (exact) mass is 475 g/mol. The molecule has 1 fully saturated rings. The number of halogens is 1. The van der Waals surface area contributed by atoms with E-state index in [-0.39, 0.29) is 18.3 Å². The van der Waals surface area contributed by atoms with Crippen molar-refractivity contribution in [2.75, 3.05) is 13.6 Å². The van der Waals surface area contributed by atoms with E-state index in [1.807, 2.05) is 66.5 Å². The number of ether oxygens (including phenoxy) is 1. The summed E-state index contributed by atoms with van der Waals surface area (Å²) in [6.07, 6.45) is 6.04. The van der Waals surface area contributed by atoms with Crippen molar-refractivity contribution in [3.63, 3.8) is 0 Å². The van der Waals surface area contributed by atoms with E-state index in [0.29, 0.717) is 23.5 Å². The maximum absolute atomic E-state index is 13.3. The van der Waals surface area contributed by atoms with Crippen LogP contribution < -0.4 is 4.74 Å². The first-order valence-electron chi connectivity index (χ1n) is 11.5. The lowest BCUT2D eigenvalue weighted by molar-refractivity contribution is -0.135. The topological polar surface area (TPSA) is 66.2 Å². The Labute approximate surface area is 207 Å². The van der Waals surface area contributed by atoms with Crippen LogP contribution in [0.3, 0.4) is 0 Å². The average Bonchev–Trinajstić information content (AvgIpc) is 2.99. The van der Waals surface area contributed by atoms with E-state index in [1.165, 1.54) is 0 Å². The van der Waals surface area contributed by atoms with Crippen LogP contribution >= 0.6 is 12.4 Å². The van der Waals surface area contributed by atoms with Gasteiger partial charge in [0.15, 0.2) is 0 Å². The smallest absolute Gasteiger partial charge is 0.232 e. The Hall–Kier alpha value is -3.36. The number of carbonyl (C=O) groups is 1. The number of hydrogen-bond acceptors (Lipinski definition) is 4. The molecule has 1 aliphatic rings. The van der Waals surface area contributed by atoms with E-state index in [9.17, 15) is 10.1 Å². The molecule has 1 amide bonds. The number of rotatable bonds is 6. The fraction of sp³-hybridized carbons (Fsp3) is 0.321. The molecule has 176 valence electrons. The number of hydrogen-bond donors (Lipinski definition) is 0. The van der Waals surface area contributed by atoms with Gasteiger partial charge in [-0.1, -0.05) is 37.6 Å². The second kappa shape index (κ2) is 11.2. The number of carbonyl (C=O) groups excluding carboxylic acids is 1. The summed E-state index contributed by atoms with van der Waals surface area (Å²) < 4.78 is 6.23. The van der Waals surface area contributed by atoms with Crippen molar-refractivity contribution in [3.05, 3.63) is 89.2 Å². The summed E-state index contributed by atoms with van der Waals surface area (Å²) in [4.78, 5) is 19.6. The Morgan fingerprint density at radius 2 is 1.97 bits per heavy atom. The SMILES string of the molecule is CCC1(c2cccc(Oc3cc(Cc4ccccn4)ccc3C#N)c2)CCCCN(C)C1=O.Cl. The minimum Gasteiger partial charge on any atom is -0.456 e. The molecular formula is C28H30ClN3O2. The fourth-order valence-corrected chi connectivity index (χ4v) is 4.70. The zero-order chi connectivity index (χ0) is 23.3. The molecule has 1 atom stereocenters. The third kappa shape index (κ3) is 5.24. The predicted octanol–water partition coefficient (Wildman–Crippen LogP) is 6.05. The number of amides is 1. The second-order valence-electron chi connectivity index (χ2n) is 8.69. The Morgan fingerprint density at radius 3 is 2.71 bits per heavy atom. The molecule has 2 aromatic carbocycles. The van der Waals surface area contributed by atoms with Gasteiger partial charge in [0.25, 0.3) is 0 Å². The zero-order valence-electron chi connectivity index (χ0n) is 19.7. The lowest BCUT2D eigenvalue weighted by Gasteiger charge is -2.33. The lowest BCUT2D eigenvalue weighted by atomic mass is 9.73. The average molecular weight is 476 g/mol. The van der Waals surface area contributed by atoms with E-state index >= 15 is 0 Å². The summed E-state index contributed by atoms with van der Waals surface area (Å²) in [5, 5.41) is 9.62. The van der Waals surface area contributed by atoms with Gasteiger partial charge < -0.3 is 9.64 Å². The van der Waals surface area contributed by atoms with Crippen LogP contribution in [0.4, 0.5) is 0 Å². The molecule has 34 heavy (non-hydrogen) atoms. The molecule has 1 aromatic heterocycles. The van der Waals surface area contributed by atoms with E-state index in [1.54, 1.807) is 12.3 Å². The Kier molecular flexibility index (Phi) is 8.31. The normalized spacial score (nSPS) is 17.9. The lowest BCUT2D eigenvalue weighted by Crippen LogP contribution is -2.43. The van der Waals surface area contributed by atoms with Gasteiger partial charge in [-0.25, -0.2) is 0 Å². The third-order valence-electron chi connectivity index (χ3n) is 6.60. The van der Waals surface area contributed by atoms with E-state index in [0.717, 1.165) is 49.0 Å². The number of nitrogens with zero attached hydrogens (tertiary/aromatic N) is 3. The van der Waals surface area contributed by atoms with Gasteiger partial charge in [0, 0.05) is 31.9 Å². The van der Waals surface area contributed by atoms with Gasteiger partial charge in [-0.2, -0.15) is 5.26 Å². The van der Waals surface area contributed by atoms with Gasteiger partial charge in [-0.05, 0) is 66.8 Å². The quantitative estimate of drug-likeness (QED) is 0.435. The summed E-state index contributed by atoms with van der Waals surface area (Å²) in [6, 6.07) is 21.5. The molecule has 5 nitrogen and oxygen atoms in total. The van der Waals surface area contributed by atoms with Crippen molar-refractivity contribution < 1.29 is 9.53 Å². The van der Waals surface area contributed by atoms with Crippen LogP contribution in [0, 0.1) is 11.3 Å². The highest BCUT2D eigenvalue weighted by Gasteiger charge is 2.41. The minimum absolute atomic E-state index is 0. The number of benzene rings is 2. The molecular weight excluding hydrogens is 446 g/mol. The van der Waals surface area contributed by atoms with Crippen LogP contribution in [0.25, 0.3) is 0 Å². The van der Waals surface area contributed by atoms with Crippen LogP contribution in [0.5, 0.6) is 11.5 Å². The number of nitriles is 1. The van der Waals surface area contributed by atoms with Crippen LogP contribution in [-0.4, -0.2) is 29.4 Å². The molecule has 4 rings (SSSR count). The number of pyridine rings is 1. The van der Waals surface area contributed by atoms with Gasteiger partial charge >= 0.3 is 0 Å². The van der Waals surface area contributed by atoms with Crippen molar-refractivity contribution in [2.24, 2.45) is 0 Å². The minimum atomic E-state index is -0.538. The van der Waals surface area contributed by atoms with Crippen molar-refractivity contribution in [3.8, 4) is 17.6 Å². The van der Waals surface area contributed by atoms with E-state index < -0.39 is 5.41 Å². The van der Waals surface area contributed by atoms with Gasteiger partial charge in [-0.15, -0.1) is 12.4 Å². The number of aromatic nitrogens is 1. The van der Waals surface area contributed by atoms with Crippen LogP contribution in [-0.2, 0) is 16.6 Å². The van der Waals surface area contributed by atoms with Crippen LogP contribution in [0.2, 0.25) is 0 Å². The summed E-state index contributed by atoms with van der Waals surface area (Å²) in [7, 11) is 1.89. The standard InChI is InChI=1S/C28H29N3O2.ClH/c1-3-28(14-5-7-16-31(2)27(28)32)23-9-8-11-25(19-23)33-26-18-21(12-13-22(26)20-29)17-24-10-4-6-15-30-24;/h4,6,8-13,15,18-19H,3,5,7,14,16-17H2,1-2H3;1H. The van der Waals surface area contributed by atoms with Crippen molar-refractivity contribution >= 4 is 18.3 Å². The Bertz CT molecular complexity index is 1180. The molecule has 0 saturated carbocycles. The summed E-state index contributed by atoms with van der Waals surface area (Å²) >= 11 is 0. The molecule has 1 unspecified atom stereocenters. The third-order valence-corrected chi connectivity index (χ3v) is 6.60. The fourth-order valence-electron chi connectivity index (χ4n) is 4.70. The highest BCUT2D eigenvalue weighted by Crippen LogP contribution is 2.39. The summed E-state index contributed by atoms with van der Waals surface area (Å²) in [6.45, 7) is 2.88. The van der Waals surface area contributed by atoms with Crippen molar-refractivity contribution in [2.45, 2.75) is 44.4 Å². The first kappa shape index (κ1) is 25.3. The molecule has 1 saturated heterocycles. The van der Waals surface area contributed by atoms with Gasteiger partial charge in [0.2, 0.25) is 5.91 Å². The van der Waals surface area contributed by atoms with E-state index in [2.05, 4.69) is 18.0 Å². The first-order valence-corrected chi connectivity index (χ1v) is 11.5. The van der Waals surface area contributed by atoms with Crippen LogP contribution in [0.15, 0.2) is 66.9 Å². The molecule has 0 aliphatic carbocycles. The van der Waals surface area contributed by atoms with Gasteiger partial charge in [0.05, 0.1) is 11.0 Å². The molecule has 0 radical (unpaired) electrons. The highest BCUT2D eigenvalue weighted by molar-refractivity contribution is 5.88. The predicted molar refractivity (Wildman–Crippen MR) is 135 cm³/mol. The maximum Gasteiger partial charge on any atom is 0.232 e. The Morgan fingerprint density at radius 1 is 1.12 bits per heavy atom. The molecule has 1 aliphatic heterocycles. The second-order valence-corrected chi connectivity index (χ2v) is 8.69. The van der Waals surface area contributed by atoms with E-state index in [4.69, 9.17) is 4.74 Å². The first-order chi connectivity index (χ1) is 16.1. The zero-order valence-corrected chi connectivity index (χ0v) is 20.5. The largest absolute Gasteiger partial charge is 0.456 e. The summed E-state index contributed by atoms with van der Waals surface area (Å²) in [5.74, 6) is 1.32. The molecule has 0 bridgehead atoms. The van der Waals surface area contributed by atoms with Crippen molar-refractivity contribution in [1.82, 2.24) is 9.88 Å². The molecule has 2 heterocycles.